The van der Waals surface area contributed by atoms with Gasteiger partial charge in [-0.3, -0.25) is 4.79 Å². The summed E-state index contributed by atoms with van der Waals surface area (Å²) >= 11 is 0. The molecule has 0 aliphatic heterocycles. The van der Waals surface area contributed by atoms with Crippen LogP contribution >= 0.6 is 0 Å². The maximum atomic E-state index is 11.7. The number of nitrogens with zero attached hydrogens (tertiary/aromatic N) is 1. The summed E-state index contributed by atoms with van der Waals surface area (Å²) in [6.45, 7) is 7.99. The lowest BCUT2D eigenvalue weighted by atomic mass is 10.2. The van der Waals surface area contributed by atoms with Gasteiger partial charge in [-0.15, -0.1) is 0 Å². The number of rotatable bonds is 6. The lowest BCUT2D eigenvalue weighted by Crippen LogP contribution is -2.25. The average Bonchev–Trinajstić information content (AvgIpc) is 2.23. The highest BCUT2D eigenvalue weighted by atomic mass is 16.1. The van der Waals surface area contributed by atoms with Crippen molar-refractivity contribution in [2.45, 2.75) is 46.2 Å². The molecule has 0 bridgehead atoms. The molecule has 0 saturated carbocycles. The lowest BCUT2D eigenvalue weighted by Gasteiger charge is -2.09. The molecular weight excluding hydrogens is 200 g/mol. The molecule has 16 heavy (non-hydrogen) atoms. The van der Waals surface area contributed by atoms with E-state index in [1.807, 2.05) is 25.3 Å². The van der Waals surface area contributed by atoms with Gasteiger partial charge in [-0.1, -0.05) is 19.9 Å². The molecule has 1 N–H and O–H groups in total. The minimum Gasteiger partial charge on any atom is -0.315 e. The summed E-state index contributed by atoms with van der Waals surface area (Å²) in [5.41, 5.74) is 0.960. The third-order valence-electron chi connectivity index (χ3n) is 2.59. The van der Waals surface area contributed by atoms with Gasteiger partial charge in [0.25, 0.3) is 5.56 Å². The van der Waals surface area contributed by atoms with Crippen molar-refractivity contribution in [1.29, 1.82) is 0 Å². The van der Waals surface area contributed by atoms with E-state index in [1.165, 1.54) is 0 Å². The van der Waals surface area contributed by atoms with Crippen LogP contribution in [0.5, 0.6) is 0 Å². The fourth-order valence-corrected chi connectivity index (χ4v) is 1.63. The van der Waals surface area contributed by atoms with Crippen molar-refractivity contribution in [3.8, 4) is 0 Å². The van der Waals surface area contributed by atoms with Crippen molar-refractivity contribution in [1.82, 2.24) is 9.88 Å². The van der Waals surface area contributed by atoms with Crippen LogP contribution in [0, 0.1) is 6.92 Å². The zero-order valence-corrected chi connectivity index (χ0v) is 10.5. The van der Waals surface area contributed by atoms with Gasteiger partial charge in [0.1, 0.15) is 0 Å². The molecule has 90 valence electrons. The van der Waals surface area contributed by atoms with E-state index in [0.717, 1.165) is 31.5 Å². The van der Waals surface area contributed by atoms with Crippen LogP contribution in [-0.2, 0) is 6.54 Å². The van der Waals surface area contributed by atoms with E-state index in [2.05, 4.69) is 19.2 Å². The fourth-order valence-electron chi connectivity index (χ4n) is 1.63. The van der Waals surface area contributed by atoms with Gasteiger partial charge in [0.15, 0.2) is 0 Å². The Balaban J connectivity index is 2.32. The number of aryl methyl sites for hydroxylation is 2. The van der Waals surface area contributed by atoms with Gasteiger partial charge in [0, 0.05) is 24.3 Å². The number of unbranched alkanes of at least 4 members (excludes halogenated alkanes) is 1. The SMILES string of the molecule is Cc1cccn(CCCCNC(C)C)c1=O. The Morgan fingerprint density at radius 1 is 1.38 bits per heavy atom. The van der Waals surface area contributed by atoms with Crippen molar-refractivity contribution in [2.24, 2.45) is 0 Å². The maximum Gasteiger partial charge on any atom is 0.253 e. The number of hydrogen-bond acceptors (Lipinski definition) is 2. The summed E-state index contributed by atoms with van der Waals surface area (Å²) in [4.78, 5) is 11.7. The van der Waals surface area contributed by atoms with Gasteiger partial charge in [0.05, 0.1) is 0 Å². The molecule has 1 rings (SSSR count). The topological polar surface area (TPSA) is 34.0 Å². The van der Waals surface area contributed by atoms with E-state index >= 15 is 0 Å². The normalized spacial score (nSPS) is 11.0. The smallest absolute Gasteiger partial charge is 0.253 e. The molecule has 0 aliphatic carbocycles. The summed E-state index contributed by atoms with van der Waals surface area (Å²) in [5.74, 6) is 0. The number of hydrogen-bond donors (Lipinski definition) is 1. The first-order valence-corrected chi connectivity index (χ1v) is 6.00. The Morgan fingerprint density at radius 2 is 2.12 bits per heavy atom. The maximum absolute atomic E-state index is 11.7. The molecule has 0 spiro atoms. The molecule has 0 saturated heterocycles. The molecule has 1 aromatic heterocycles. The van der Waals surface area contributed by atoms with Crippen LogP contribution in [0.2, 0.25) is 0 Å². The van der Waals surface area contributed by atoms with Crippen LogP contribution in [-0.4, -0.2) is 17.2 Å². The second-order valence-electron chi connectivity index (χ2n) is 4.51. The van der Waals surface area contributed by atoms with Gasteiger partial charge >= 0.3 is 0 Å². The fraction of sp³-hybridized carbons (Fsp3) is 0.615. The minimum absolute atomic E-state index is 0.138. The summed E-state index contributed by atoms with van der Waals surface area (Å²) in [6.07, 6.45) is 4.02. The Hall–Kier alpha value is -1.09. The number of pyridine rings is 1. The third kappa shape index (κ3) is 4.19. The van der Waals surface area contributed by atoms with Crippen LogP contribution in [0.15, 0.2) is 23.1 Å². The number of aromatic nitrogens is 1. The molecule has 0 radical (unpaired) electrons. The quantitative estimate of drug-likeness (QED) is 0.746. The first-order chi connectivity index (χ1) is 7.61. The van der Waals surface area contributed by atoms with E-state index in [1.54, 1.807) is 4.57 Å². The zero-order valence-electron chi connectivity index (χ0n) is 10.5. The van der Waals surface area contributed by atoms with Gasteiger partial charge in [-0.2, -0.15) is 0 Å². The molecule has 0 unspecified atom stereocenters. The highest BCUT2D eigenvalue weighted by Gasteiger charge is 1.98. The third-order valence-corrected chi connectivity index (χ3v) is 2.59. The summed E-state index contributed by atoms with van der Waals surface area (Å²) in [6, 6.07) is 4.34. The van der Waals surface area contributed by atoms with Gasteiger partial charge in [-0.25, -0.2) is 0 Å². The van der Waals surface area contributed by atoms with Gasteiger partial charge in [-0.05, 0) is 32.4 Å². The summed E-state index contributed by atoms with van der Waals surface area (Å²) < 4.78 is 1.80. The van der Waals surface area contributed by atoms with Gasteiger partial charge < -0.3 is 9.88 Å². The Kier molecular flexibility index (Phi) is 5.26. The highest BCUT2D eigenvalue weighted by Crippen LogP contribution is 1.94. The standard InChI is InChI=1S/C13H22N2O/c1-11(2)14-8-4-5-9-15-10-6-7-12(3)13(15)16/h6-7,10-11,14H,4-5,8-9H2,1-3H3. The Bertz CT molecular complexity index is 368. The van der Waals surface area contributed by atoms with Crippen molar-refractivity contribution in [3.63, 3.8) is 0 Å². The highest BCUT2D eigenvalue weighted by molar-refractivity contribution is 5.07. The monoisotopic (exact) mass is 222 g/mol. The molecule has 0 aliphatic rings. The summed E-state index contributed by atoms with van der Waals surface area (Å²) in [7, 11) is 0. The molecule has 0 fully saturated rings. The van der Waals surface area contributed by atoms with Gasteiger partial charge in [0.2, 0.25) is 0 Å². The van der Waals surface area contributed by atoms with E-state index in [-0.39, 0.29) is 5.56 Å². The first-order valence-electron chi connectivity index (χ1n) is 6.00. The Labute approximate surface area is 97.5 Å². The largest absolute Gasteiger partial charge is 0.315 e. The van der Waals surface area contributed by atoms with E-state index in [4.69, 9.17) is 0 Å². The second kappa shape index (κ2) is 6.48. The summed E-state index contributed by atoms with van der Waals surface area (Å²) in [5, 5.41) is 3.37. The van der Waals surface area contributed by atoms with Crippen LogP contribution < -0.4 is 10.9 Å². The van der Waals surface area contributed by atoms with Crippen molar-refractivity contribution in [3.05, 3.63) is 34.2 Å². The molecule has 3 nitrogen and oxygen atoms in total. The molecule has 0 atom stereocenters. The molecule has 1 heterocycles. The molecular formula is C13H22N2O. The van der Waals surface area contributed by atoms with Crippen LogP contribution in [0.25, 0.3) is 0 Å². The molecule has 0 amide bonds. The predicted octanol–water partition coefficient (Wildman–Crippen LogP) is 1.93. The molecule has 3 heteroatoms. The average molecular weight is 222 g/mol. The number of nitrogens with one attached hydrogen (secondary N) is 1. The van der Waals surface area contributed by atoms with Crippen LogP contribution in [0.3, 0.4) is 0 Å². The Morgan fingerprint density at radius 3 is 2.81 bits per heavy atom. The first kappa shape index (κ1) is 13.0. The predicted molar refractivity (Wildman–Crippen MR) is 67.8 cm³/mol. The molecule has 1 aromatic rings. The van der Waals surface area contributed by atoms with Crippen molar-refractivity contribution in [2.75, 3.05) is 6.54 Å². The zero-order chi connectivity index (χ0) is 12.0. The molecule has 0 aromatic carbocycles. The van der Waals surface area contributed by atoms with E-state index < -0.39 is 0 Å². The van der Waals surface area contributed by atoms with Crippen LogP contribution in [0.4, 0.5) is 0 Å². The van der Waals surface area contributed by atoms with E-state index in [9.17, 15) is 4.79 Å². The van der Waals surface area contributed by atoms with Crippen molar-refractivity contribution >= 4 is 0 Å². The lowest BCUT2D eigenvalue weighted by molar-refractivity contribution is 0.526. The van der Waals surface area contributed by atoms with Crippen LogP contribution in [0.1, 0.15) is 32.3 Å². The van der Waals surface area contributed by atoms with Crippen molar-refractivity contribution < 1.29 is 0 Å². The second-order valence-corrected chi connectivity index (χ2v) is 4.51. The minimum atomic E-state index is 0.138. The van der Waals surface area contributed by atoms with E-state index in [0.29, 0.717) is 6.04 Å².